The zero-order valence-corrected chi connectivity index (χ0v) is 10.1. The lowest BCUT2D eigenvalue weighted by molar-refractivity contribution is -0.151. The Labute approximate surface area is 95.1 Å². The molecule has 0 heterocycles. The highest BCUT2D eigenvalue weighted by Gasteiger charge is 2.51. The lowest BCUT2D eigenvalue weighted by Gasteiger charge is -2.50. The van der Waals surface area contributed by atoms with E-state index in [1.165, 1.54) is 0 Å². The second kappa shape index (κ2) is 4.52. The van der Waals surface area contributed by atoms with Crippen molar-refractivity contribution in [3.63, 3.8) is 0 Å². The average Bonchev–Trinajstić information content (AvgIpc) is 2.11. The van der Waals surface area contributed by atoms with Gasteiger partial charge in [0, 0.05) is 12.3 Å². The molecule has 86 valence electrons. The van der Waals surface area contributed by atoms with Gasteiger partial charge in [0.05, 0.1) is 6.61 Å². The summed E-state index contributed by atoms with van der Waals surface area (Å²) in [6.45, 7) is 6.15. The molecule has 0 radical (unpaired) electrons. The van der Waals surface area contributed by atoms with E-state index < -0.39 is 0 Å². The second-order valence-corrected chi connectivity index (χ2v) is 4.99. The number of ether oxygens (including phenoxy) is 1. The van der Waals surface area contributed by atoms with Crippen molar-refractivity contribution >= 4 is 22.8 Å². The van der Waals surface area contributed by atoms with E-state index in [1.54, 1.807) is 6.92 Å². The first-order chi connectivity index (χ1) is 6.89. The van der Waals surface area contributed by atoms with Crippen LogP contribution in [0.2, 0.25) is 0 Å². The number of esters is 1. The number of carbonyl (C=O) groups is 2. The molecule has 1 saturated carbocycles. The Morgan fingerprint density at radius 1 is 1.47 bits per heavy atom. The monoisotopic (exact) mass is 232 g/mol. The van der Waals surface area contributed by atoms with Crippen molar-refractivity contribution in [3.05, 3.63) is 0 Å². The van der Waals surface area contributed by atoms with E-state index in [-0.39, 0.29) is 28.5 Å². The average molecular weight is 233 g/mol. The predicted molar refractivity (Wildman–Crippen MR) is 57.5 cm³/mol. The van der Waals surface area contributed by atoms with Crippen LogP contribution in [-0.2, 0) is 14.3 Å². The zero-order chi connectivity index (χ0) is 11.6. The quantitative estimate of drug-likeness (QED) is 0.552. The van der Waals surface area contributed by atoms with Crippen molar-refractivity contribution in [2.75, 3.05) is 6.61 Å². The van der Waals surface area contributed by atoms with E-state index in [1.807, 2.05) is 13.8 Å². The fourth-order valence-electron chi connectivity index (χ4n) is 2.17. The summed E-state index contributed by atoms with van der Waals surface area (Å²) >= 11 is 5.47. The third kappa shape index (κ3) is 2.51. The molecular formula is C11H17ClO3. The molecule has 0 N–H and O–H groups in total. The largest absolute Gasteiger partial charge is 0.466 e. The first-order valence-corrected chi connectivity index (χ1v) is 5.62. The van der Waals surface area contributed by atoms with Crippen LogP contribution in [0.5, 0.6) is 0 Å². The predicted octanol–water partition coefficient (Wildman–Crippen LogP) is 2.37. The molecular weight excluding hydrogens is 216 g/mol. The fourth-order valence-corrected chi connectivity index (χ4v) is 2.54. The SMILES string of the molecule is CCOC(=O)CC1CC(C(=O)Cl)C1(C)C. The molecule has 0 bridgehead atoms. The first kappa shape index (κ1) is 12.5. The Morgan fingerprint density at radius 3 is 2.47 bits per heavy atom. The van der Waals surface area contributed by atoms with Crippen LogP contribution in [-0.4, -0.2) is 17.8 Å². The van der Waals surface area contributed by atoms with Gasteiger partial charge in [0.1, 0.15) is 0 Å². The fraction of sp³-hybridized carbons (Fsp3) is 0.818. The van der Waals surface area contributed by atoms with Crippen LogP contribution in [0.3, 0.4) is 0 Å². The first-order valence-electron chi connectivity index (χ1n) is 5.24. The minimum Gasteiger partial charge on any atom is -0.466 e. The summed E-state index contributed by atoms with van der Waals surface area (Å²) in [5, 5.41) is -0.292. The van der Waals surface area contributed by atoms with Crippen molar-refractivity contribution in [1.29, 1.82) is 0 Å². The van der Waals surface area contributed by atoms with Crippen molar-refractivity contribution in [3.8, 4) is 0 Å². The Hall–Kier alpha value is -0.570. The molecule has 0 amide bonds. The summed E-state index contributed by atoms with van der Waals surface area (Å²) in [6, 6.07) is 0. The Bertz CT molecular complexity index is 273. The van der Waals surface area contributed by atoms with E-state index >= 15 is 0 Å². The number of hydrogen-bond donors (Lipinski definition) is 0. The van der Waals surface area contributed by atoms with E-state index in [0.717, 1.165) is 0 Å². The molecule has 0 aromatic heterocycles. The summed E-state index contributed by atoms with van der Waals surface area (Å²) in [5.74, 6) is -0.0844. The minimum atomic E-state index is -0.292. The second-order valence-electron chi connectivity index (χ2n) is 4.62. The molecule has 0 aromatic rings. The molecule has 15 heavy (non-hydrogen) atoms. The minimum absolute atomic E-state index is 0.112. The van der Waals surface area contributed by atoms with Gasteiger partial charge in [-0.2, -0.15) is 0 Å². The van der Waals surface area contributed by atoms with Crippen molar-refractivity contribution in [1.82, 2.24) is 0 Å². The highest BCUT2D eigenvalue weighted by atomic mass is 35.5. The molecule has 3 nitrogen and oxygen atoms in total. The van der Waals surface area contributed by atoms with Gasteiger partial charge in [0.2, 0.25) is 5.24 Å². The number of hydrogen-bond acceptors (Lipinski definition) is 3. The van der Waals surface area contributed by atoms with E-state index in [9.17, 15) is 9.59 Å². The Kier molecular flexibility index (Phi) is 3.77. The van der Waals surface area contributed by atoms with E-state index in [2.05, 4.69) is 0 Å². The normalized spacial score (nSPS) is 28.0. The van der Waals surface area contributed by atoms with Crippen LogP contribution in [0.1, 0.15) is 33.6 Å². The molecule has 1 rings (SSSR count). The van der Waals surface area contributed by atoms with Crippen LogP contribution >= 0.6 is 11.6 Å². The van der Waals surface area contributed by atoms with Crippen LogP contribution in [0.15, 0.2) is 0 Å². The van der Waals surface area contributed by atoms with Crippen molar-refractivity contribution in [2.24, 2.45) is 17.3 Å². The smallest absolute Gasteiger partial charge is 0.306 e. The summed E-state index contributed by atoms with van der Waals surface area (Å²) < 4.78 is 4.88. The molecule has 2 unspecified atom stereocenters. The lowest BCUT2D eigenvalue weighted by Crippen LogP contribution is -2.48. The van der Waals surface area contributed by atoms with E-state index in [0.29, 0.717) is 19.4 Å². The highest BCUT2D eigenvalue weighted by Crippen LogP contribution is 2.53. The Balaban J connectivity index is 2.48. The number of halogens is 1. The zero-order valence-electron chi connectivity index (χ0n) is 9.38. The van der Waals surface area contributed by atoms with Gasteiger partial charge < -0.3 is 4.74 Å². The van der Waals surface area contributed by atoms with Gasteiger partial charge in [0.25, 0.3) is 0 Å². The number of rotatable bonds is 4. The molecule has 1 aliphatic rings. The van der Waals surface area contributed by atoms with Gasteiger partial charge in [-0.3, -0.25) is 9.59 Å². The molecule has 0 aliphatic heterocycles. The van der Waals surface area contributed by atoms with Gasteiger partial charge in [0.15, 0.2) is 0 Å². The van der Waals surface area contributed by atoms with Gasteiger partial charge in [-0.05, 0) is 36.3 Å². The third-order valence-corrected chi connectivity index (χ3v) is 3.73. The molecule has 2 atom stereocenters. The van der Waals surface area contributed by atoms with Crippen LogP contribution in [0.25, 0.3) is 0 Å². The summed E-state index contributed by atoms with van der Waals surface area (Å²) in [5.41, 5.74) is -0.175. The maximum Gasteiger partial charge on any atom is 0.306 e. The summed E-state index contributed by atoms with van der Waals surface area (Å²) in [7, 11) is 0. The molecule has 4 heteroatoms. The lowest BCUT2D eigenvalue weighted by atomic mass is 9.54. The maximum atomic E-state index is 11.3. The molecule has 0 saturated heterocycles. The van der Waals surface area contributed by atoms with Crippen LogP contribution < -0.4 is 0 Å². The third-order valence-electron chi connectivity index (χ3n) is 3.46. The highest BCUT2D eigenvalue weighted by molar-refractivity contribution is 6.64. The van der Waals surface area contributed by atoms with Gasteiger partial charge >= 0.3 is 5.97 Å². The van der Waals surface area contributed by atoms with Gasteiger partial charge in [-0.1, -0.05) is 13.8 Å². The van der Waals surface area contributed by atoms with Gasteiger partial charge in [-0.25, -0.2) is 0 Å². The maximum absolute atomic E-state index is 11.3. The molecule has 1 fully saturated rings. The van der Waals surface area contributed by atoms with Crippen LogP contribution in [0.4, 0.5) is 0 Å². The van der Waals surface area contributed by atoms with E-state index in [4.69, 9.17) is 16.3 Å². The van der Waals surface area contributed by atoms with Crippen molar-refractivity contribution in [2.45, 2.75) is 33.6 Å². The molecule has 1 aliphatic carbocycles. The molecule has 0 aromatic carbocycles. The topological polar surface area (TPSA) is 43.4 Å². The molecule has 0 spiro atoms. The summed E-state index contributed by atoms with van der Waals surface area (Å²) in [6.07, 6.45) is 1.09. The Morgan fingerprint density at radius 2 is 2.07 bits per heavy atom. The van der Waals surface area contributed by atoms with Gasteiger partial charge in [-0.15, -0.1) is 0 Å². The summed E-state index contributed by atoms with van der Waals surface area (Å²) in [4.78, 5) is 22.3. The van der Waals surface area contributed by atoms with Crippen molar-refractivity contribution < 1.29 is 14.3 Å². The standard InChI is InChI=1S/C11H17ClO3/c1-4-15-9(13)6-7-5-8(10(12)14)11(7,2)3/h7-8H,4-6H2,1-3H3. The van der Waals surface area contributed by atoms with Crippen LogP contribution in [0, 0.1) is 17.3 Å². The number of carbonyl (C=O) groups excluding carboxylic acids is 2.